The zero-order valence-electron chi connectivity index (χ0n) is 16.4. The first-order valence-corrected chi connectivity index (χ1v) is 10.1. The summed E-state index contributed by atoms with van der Waals surface area (Å²) in [4.78, 5) is 29.1. The van der Waals surface area contributed by atoms with Crippen molar-refractivity contribution in [3.05, 3.63) is 59.7 Å². The fourth-order valence-electron chi connectivity index (χ4n) is 3.78. The average Bonchev–Trinajstić information content (AvgIpc) is 3.43. The molecule has 2 aromatic carbocycles. The van der Waals surface area contributed by atoms with E-state index in [1.54, 1.807) is 17.0 Å². The van der Waals surface area contributed by atoms with Crippen molar-refractivity contribution in [2.75, 3.05) is 30.4 Å². The molecule has 1 saturated heterocycles. The van der Waals surface area contributed by atoms with Gasteiger partial charge in [-0.2, -0.15) is 0 Å². The third-order valence-corrected chi connectivity index (χ3v) is 5.52. The van der Waals surface area contributed by atoms with E-state index in [1.807, 2.05) is 25.2 Å². The number of carbonyl (C=O) groups is 2. The minimum Gasteiger partial charge on any atom is -0.371 e. The van der Waals surface area contributed by atoms with Gasteiger partial charge in [0.25, 0.3) is 5.91 Å². The summed E-state index contributed by atoms with van der Waals surface area (Å²) in [6.07, 6.45) is 4.37. The van der Waals surface area contributed by atoms with Crippen LogP contribution >= 0.6 is 0 Å². The quantitative estimate of drug-likeness (QED) is 0.830. The normalized spacial score (nSPS) is 16.1. The van der Waals surface area contributed by atoms with Gasteiger partial charge in [0.15, 0.2) is 0 Å². The highest BCUT2D eigenvalue weighted by Gasteiger charge is 2.29. The predicted octanol–water partition coefficient (Wildman–Crippen LogP) is 3.91. The van der Waals surface area contributed by atoms with Gasteiger partial charge < -0.3 is 15.1 Å². The first kappa shape index (κ1) is 18.5. The van der Waals surface area contributed by atoms with Crippen LogP contribution in [0.15, 0.2) is 48.5 Å². The van der Waals surface area contributed by atoms with Crippen LogP contribution in [0, 0.1) is 5.92 Å². The number of anilines is 2. The second kappa shape index (κ2) is 8.05. The summed E-state index contributed by atoms with van der Waals surface area (Å²) >= 11 is 0. The smallest absolute Gasteiger partial charge is 0.253 e. The highest BCUT2D eigenvalue weighted by atomic mass is 16.2. The lowest BCUT2D eigenvalue weighted by molar-refractivity contribution is -0.117. The van der Waals surface area contributed by atoms with E-state index < -0.39 is 0 Å². The molecule has 2 fully saturated rings. The van der Waals surface area contributed by atoms with Gasteiger partial charge in [-0.05, 0) is 55.5 Å². The van der Waals surface area contributed by atoms with E-state index in [2.05, 4.69) is 28.4 Å². The molecule has 2 amide bonds. The lowest BCUT2D eigenvalue weighted by Crippen LogP contribution is -2.28. The van der Waals surface area contributed by atoms with Crippen molar-refractivity contribution in [2.45, 2.75) is 32.2 Å². The molecule has 1 saturated carbocycles. The number of nitrogens with one attached hydrogen (secondary N) is 1. The number of carbonyl (C=O) groups excluding carboxylic acids is 2. The number of nitrogens with zero attached hydrogens (tertiary/aromatic N) is 2. The fourth-order valence-corrected chi connectivity index (χ4v) is 3.78. The van der Waals surface area contributed by atoms with E-state index in [9.17, 15) is 9.59 Å². The molecule has 0 bridgehead atoms. The zero-order valence-corrected chi connectivity index (χ0v) is 16.4. The summed E-state index contributed by atoms with van der Waals surface area (Å²) in [6.45, 7) is 2.72. The summed E-state index contributed by atoms with van der Waals surface area (Å²) < 4.78 is 0. The maximum atomic E-state index is 13.0. The summed E-state index contributed by atoms with van der Waals surface area (Å²) in [7, 11) is 1.83. The minimum absolute atomic E-state index is 0.0428. The molecule has 1 aliphatic heterocycles. The van der Waals surface area contributed by atoms with E-state index in [-0.39, 0.29) is 17.7 Å². The van der Waals surface area contributed by atoms with Crippen LogP contribution in [0.3, 0.4) is 0 Å². The molecule has 2 aromatic rings. The number of para-hydroxylation sites is 1. The molecule has 2 aliphatic rings. The van der Waals surface area contributed by atoms with Crippen molar-refractivity contribution in [1.82, 2.24) is 4.90 Å². The van der Waals surface area contributed by atoms with Crippen molar-refractivity contribution < 1.29 is 9.59 Å². The maximum Gasteiger partial charge on any atom is 0.253 e. The van der Waals surface area contributed by atoms with E-state index >= 15 is 0 Å². The van der Waals surface area contributed by atoms with E-state index in [4.69, 9.17) is 0 Å². The lowest BCUT2D eigenvalue weighted by atomic mass is 10.1. The zero-order chi connectivity index (χ0) is 19.5. The highest BCUT2D eigenvalue weighted by Crippen LogP contribution is 2.30. The number of hydrogen-bond acceptors (Lipinski definition) is 3. The Kier molecular flexibility index (Phi) is 5.33. The van der Waals surface area contributed by atoms with Crippen LogP contribution in [0.4, 0.5) is 11.4 Å². The topological polar surface area (TPSA) is 52.6 Å². The van der Waals surface area contributed by atoms with Crippen molar-refractivity contribution in [3.63, 3.8) is 0 Å². The van der Waals surface area contributed by atoms with Gasteiger partial charge in [0.2, 0.25) is 5.91 Å². The summed E-state index contributed by atoms with van der Waals surface area (Å²) in [5.74, 6) is 0.153. The van der Waals surface area contributed by atoms with Crippen molar-refractivity contribution >= 4 is 23.2 Å². The summed E-state index contributed by atoms with van der Waals surface area (Å²) in [6, 6.07) is 15.6. The van der Waals surface area contributed by atoms with Crippen molar-refractivity contribution in [3.8, 4) is 0 Å². The molecular weight excluding hydrogens is 350 g/mol. The molecular formula is C23H27N3O2. The van der Waals surface area contributed by atoms with E-state index in [0.29, 0.717) is 17.8 Å². The van der Waals surface area contributed by atoms with E-state index in [0.717, 1.165) is 25.9 Å². The third-order valence-electron chi connectivity index (χ3n) is 5.52. The van der Waals surface area contributed by atoms with Crippen LogP contribution in [0.1, 0.15) is 41.6 Å². The lowest BCUT2D eigenvalue weighted by Gasteiger charge is -2.24. The molecule has 1 N–H and O–H groups in total. The predicted molar refractivity (Wildman–Crippen MR) is 111 cm³/mol. The Bertz CT molecular complexity index is 870. The average molecular weight is 377 g/mol. The Morgan fingerprint density at radius 1 is 1.07 bits per heavy atom. The van der Waals surface area contributed by atoms with Gasteiger partial charge in [-0.1, -0.05) is 24.3 Å². The molecule has 0 unspecified atom stereocenters. The van der Waals surface area contributed by atoms with Gasteiger partial charge in [-0.25, -0.2) is 0 Å². The Hall–Kier alpha value is -2.82. The Morgan fingerprint density at radius 2 is 1.82 bits per heavy atom. The van der Waals surface area contributed by atoms with Crippen LogP contribution in [-0.2, 0) is 11.3 Å². The van der Waals surface area contributed by atoms with Crippen LogP contribution in [0.25, 0.3) is 0 Å². The van der Waals surface area contributed by atoms with Gasteiger partial charge in [0.05, 0.1) is 0 Å². The number of rotatable bonds is 6. The molecule has 0 spiro atoms. The van der Waals surface area contributed by atoms with Gasteiger partial charge in [-0.3, -0.25) is 9.59 Å². The molecule has 1 heterocycles. The molecule has 146 valence electrons. The second-order valence-corrected chi connectivity index (χ2v) is 7.83. The first-order chi connectivity index (χ1) is 13.6. The van der Waals surface area contributed by atoms with Crippen molar-refractivity contribution in [1.29, 1.82) is 0 Å². The first-order valence-electron chi connectivity index (χ1n) is 10.1. The number of hydrogen-bond donors (Lipinski definition) is 1. The Balaban J connectivity index is 1.46. The highest BCUT2D eigenvalue weighted by molar-refractivity contribution is 5.98. The van der Waals surface area contributed by atoms with Crippen molar-refractivity contribution in [2.24, 2.45) is 5.92 Å². The standard InChI is InChI=1S/C23H27N3O2/c1-25(16-19-7-2-3-10-21(19)26-13-4-5-14-26)23(28)18-8-6-9-20(15-18)24-22(27)17-11-12-17/h2-3,6-10,15,17H,4-5,11-14,16H2,1H3,(H,24,27). The third kappa shape index (κ3) is 4.19. The molecule has 5 heteroatoms. The number of benzene rings is 2. The van der Waals surface area contributed by atoms with Crippen LogP contribution in [0.2, 0.25) is 0 Å². The molecule has 0 radical (unpaired) electrons. The number of amides is 2. The largest absolute Gasteiger partial charge is 0.371 e. The molecule has 0 aromatic heterocycles. The van der Waals surface area contributed by atoms with Gasteiger partial charge >= 0.3 is 0 Å². The fraction of sp³-hybridized carbons (Fsp3) is 0.391. The summed E-state index contributed by atoms with van der Waals surface area (Å²) in [5.41, 5.74) is 3.67. The maximum absolute atomic E-state index is 13.0. The second-order valence-electron chi connectivity index (χ2n) is 7.83. The molecule has 28 heavy (non-hydrogen) atoms. The van der Waals surface area contributed by atoms with Gasteiger partial charge in [0.1, 0.15) is 0 Å². The molecule has 1 aliphatic carbocycles. The van der Waals surface area contributed by atoms with Crippen LogP contribution in [0.5, 0.6) is 0 Å². The Morgan fingerprint density at radius 3 is 2.57 bits per heavy atom. The van der Waals surface area contributed by atoms with Crippen LogP contribution < -0.4 is 10.2 Å². The van der Waals surface area contributed by atoms with Crippen LogP contribution in [-0.4, -0.2) is 36.9 Å². The van der Waals surface area contributed by atoms with Gasteiger partial charge in [0, 0.05) is 49.5 Å². The summed E-state index contributed by atoms with van der Waals surface area (Å²) in [5, 5.41) is 2.92. The van der Waals surface area contributed by atoms with E-state index in [1.165, 1.54) is 24.1 Å². The van der Waals surface area contributed by atoms with Gasteiger partial charge in [-0.15, -0.1) is 0 Å². The molecule has 0 atom stereocenters. The SMILES string of the molecule is CN(Cc1ccccc1N1CCCC1)C(=O)c1cccc(NC(=O)C2CC2)c1. The Labute approximate surface area is 166 Å². The molecule has 4 rings (SSSR count). The molecule has 5 nitrogen and oxygen atoms in total. The minimum atomic E-state index is -0.0428. The monoisotopic (exact) mass is 377 g/mol.